The number of anilines is 1. The molecule has 0 N–H and O–H groups in total. The lowest BCUT2D eigenvalue weighted by molar-refractivity contribution is -0.113. The minimum atomic E-state index is -0.347. The van der Waals surface area contributed by atoms with E-state index in [1.807, 2.05) is 62.4 Å². The minimum Gasteiger partial charge on any atom is -0.266 e. The zero-order valence-electron chi connectivity index (χ0n) is 15.7. The summed E-state index contributed by atoms with van der Waals surface area (Å²) < 4.78 is 13.4. The average Bonchev–Trinajstić information content (AvgIpc) is 3.01. The van der Waals surface area contributed by atoms with Gasteiger partial charge in [-0.25, -0.2) is 9.38 Å². The molecule has 3 aromatic rings. The zero-order valence-corrected chi connectivity index (χ0v) is 15.7. The van der Waals surface area contributed by atoms with Crippen LogP contribution in [0.1, 0.15) is 22.3 Å². The highest BCUT2D eigenvalue weighted by Crippen LogP contribution is 2.28. The monoisotopic (exact) mass is 370 g/mol. The first kappa shape index (κ1) is 17.9. The number of hydrogen-bond donors (Lipinski definition) is 0. The molecule has 0 fully saturated rings. The van der Waals surface area contributed by atoms with Gasteiger partial charge in [-0.15, -0.1) is 0 Å². The third-order valence-electron chi connectivity index (χ3n) is 4.60. The van der Waals surface area contributed by atoms with Gasteiger partial charge < -0.3 is 0 Å². The maximum atomic E-state index is 13.4. The molecule has 0 spiro atoms. The molecule has 4 heteroatoms. The van der Waals surface area contributed by atoms with Crippen LogP contribution in [0.5, 0.6) is 0 Å². The Balaban J connectivity index is 1.82. The van der Waals surface area contributed by atoms with Crippen LogP contribution in [0.2, 0.25) is 0 Å². The van der Waals surface area contributed by atoms with Crippen molar-refractivity contribution in [2.45, 2.75) is 13.8 Å². The number of hydrogen-bond acceptors (Lipinski definition) is 2. The summed E-state index contributed by atoms with van der Waals surface area (Å²) in [5, 5.41) is 0. The second kappa shape index (κ2) is 7.24. The molecule has 0 radical (unpaired) electrons. The highest BCUT2D eigenvalue weighted by atomic mass is 19.1. The molecule has 3 nitrogen and oxygen atoms in total. The lowest BCUT2D eigenvalue weighted by atomic mass is 10.1. The molecule has 0 unspecified atom stereocenters. The van der Waals surface area contributed by atoms with Gasteiger partial charge in [-0.3, -0.25) is 9.69 Å². The van der Waals surface area contributed by atoms with E-state index in [-0.39, 0.29) is 11.7 Å². The highest BCUT2D eigenvalue weighted by Gasteiger charge is 2.32. The lowest BCUT2D eigenvalue weighted by Gasteiger charge is -2.18. The Morgan fingerprint density at radius 1 is 0.893 bits per heavy atom. The van der Waals surface area contributed by atoms with Gasteiger partial charge in [-0.1, -0.05) is 53.6 Å². The van der Waals surface area contributed by atoms with Crippen LogP contribution < -0.4 is 4.90 Å². The Bertz CT molecular complexity index is 1100. The molecule has 1 aliphatic rings. The van der Waals surface area contributed by atoms with E-state index in [1.165, 1.54) is 17.0 Å². The summed E-state index contributed by atoms with van der Waals surface area (Å²) in [6.45, 7) is 4.01. The Morgan fingerprint density at radius 2 is 1.61 bits per heavy atom. The summed E-state index contributed by atoms with van der Waals surface area (Å²) in [6.07, 6.45) is 1.78. The molecule has 28 heavy (non-hydrogen) atoms. The Morgan fingerprint density at radius 3 is 2.29 bits per heavy atom. The number of halogens is 1. The maximum Gasteiger partial charge on any atom is 0.282 e. The van der Waals surface area contributed by atoms with Crippen molar-refractivity contribution >= 4 is 23.5 Å². The minimum absolute atomic E-state index is 0.233. The van der Waals surface area contributed by atoms with Crippen molar-refractivity contribution in [3.05, 3.63) is 107 Å². The second-order valence-corrected chi connectivity index (χ2v) is 6.86. The molecule has 1 heterocycles. The summed E-state index contributed by atoms with van der Waals surface area (Å²) in [7, 11) is 0. The average molecular weight is 370 g/mol. The van der Waals surface area contributed by atoms with Crippen LogP contribution in [-0.2, 0) is 4.79 Å². The standard InChI is InChI=1S/C24H19FN2O/c1-16-6-8-18(9-7-16)15-22-24(28)27(21-12-10-20(25)11-13-21)23(26-22)19-5-3-4-17(2)14-19/h3-15H,1-2H3/b22-15+. The number of aliphatic imine (C=N–C) groups is 1. The van der Waals surface area contributed by atoms with Gasteiger partial charge in [-0.2, -0.15) is 0 Å². The lowest BCUT2D eigenvalue weighted by Crippen LogP contribution is -2.32. The van der Waals surface area contributed by atoms with Crippen molar-refractivity contribution in [1.29, 1.82) is 0 Å². The molecule has 3 aromatic carbocycles. The topological polar surface area (TPSA) is 32.7 Å². The predicted octanol–water partition coefficient (Wildman–Crippen LogP) is 5.28. The van der Waals surface area contributed by atoms with Gasteiger partial charge >= 0.3 is 0 Å². The molecule has 0 saturated carbocycles. The van der Waals surface area contributed by atoms with Crippen LogP contribution in [0.3, 0.4) is 0 Å². The van der Waals surface area contributed by atoms with Crippen molar-refractivity contribution in [3.8, 4) is 0 Å². The van der Waals surface area contributed by atoms with Crippen LogP contribution in [0, 0.1) is 19.7 Å². The van der Waals surface area contributed by atoms with Crippen molar-refractivity contribution in [2.24, 2.45) is 4.99 Å². The molecular formula is C24H19FN2O. The molecule has 0 atom stereocenters. The van der Waals surface area contributed by atoms with Crippen molar-refractivity contribution in [1.82, 2.24) is 0 Å². The first-order valence-electron chi connectivity index (χ1n) is 9.05. The Labute approximate surface area is 163 Å². The normalized spacial score (nSPS) is 15.2. The number of amidine groups is 1. The van der Waals surface area contributed by atoms with Crippen molar-refractivity contribution in [2.75, 3.05) is 4.90 Å². The van der Waals surface area contributed by atoms with Crippen LogP contribution in [0.25, 0.3) is 6.08 Å². The van der Waals surface area contributed by atoms with E-state index in [0.29, 0.717) is 17.2 Å². The number of carbonyl (C=O) groups is 1. The van der Waals surface area contributed by atoms with E-state index in [2.05, 4.69) is 4.99 Å². The molecule has 4 rings (SSSR count). The van der Waals surface area contributed by atoms with Crippen molar-refractivity contribution in [3.63, 3.8) is 0 Å². The summed E-state index contributed by atoms with van der Waals surface area (Å²) in [5.74, 6) is -0.0396. The van der Waals surface area contributed by atoms with Gasteiger partial charge in [-0.05, 0) is 55.8 Å². The number of amides is 1. The van der Waals surface area contributed by atoms with E-state index in [1.54, 1.807) is 18.2 Å². The quantitative estimate of drug-likeness (QED) is 0.578. The number of nitrogens with zero attached hydrogens (tertiary/aromatic N) is 2. The molecule has 0 aliphatic carbocycles. The third-order valence-corrected chi connectivity index (χ3v) is 4.60. The Kier molecular flexibility index (Phi) is 4.62. The van der Waals surface area contributed by atoms with Gasteiger partial charge in [0.25, 0.3) is 5.91 Å². The van der Waals surface area contributed by atoms with Crippen LogP contribution >= 0.6 is 0 Å². The smallest absolute Gasteiger partial charge is 0.266 e. The van der Waals surface area contributed by atoms with Gasteiger partial charge in [0.1, 0.15) is 17.3 Å². The van der Waals surface area contributed by atoms with Crippen LogP contribution in [0.4, 0.5) is 10.1 Å². The molecule has 1 amide bonds. The zero-order chi connectivity index (χ0) is 19.7. The number of carbonyl (C=O) groups excluding carboxylic acids is 1. The maximum absolute atomic E-state index is 13.4. The molecule has 1 aliphatic heterocycles. The number of aryl methyl sites for hydroxylation is 2. The molecule has 0 bridgehead atoms. The predicted molar refractivity (Wildman–Crippen MR) is 111 cm³/mol. The van der Waals surface area contributed by atoms with E-state index in [9.17, 15) is 9.18 Å². The summed E-state index contributed by atoms with van der Waals surface area (Å²) in [6, 6.07) is 21.6. The fourth-order valence-corrected chi connectivity index (χ4v) is 3.14. The SMILES string of the molecule is Cc1ccc(/C=C2/N=C(c3cccc(C)c3)N(c3ccc(F)cc3)C2=O)cc1. The van der Waals surface area contributed by atoms with E-state index >= 15 is 0 Å². The molecular weight excluding hydrogens is 351 g/mol. The molecule has 0 aromatic heterocycles. The summed E-state index contributed by atoms with van der Waals surface area (Å²) >= 11 is 0. The summed E-state index contributed by atoms with van der Waals surface area (Å²) in [5.41, 5.74) is 4.90. The third kappa shape index (κ3) is 3.49. The van der Waals surface area contributed by atoms with Gasteiger partial charge in [0, 0.05) is 5.56 Å². The van der Waals surface area contributed by atoms with Gasteiger partial charge in [0.2, 0.25) is 0 Å². The van der Waals surface area contributed by atoms with E-state index in [4.69, 9.17) is 0 Å². The number of benzene rings is 3. The largest absolute Gasteiger partial charge is 0.282 e. The van der Waals surface area contributed by atoms with Gasteiger partial charge in [0.05, 0.1) is 5.69 Å². The molecule has 0 saturated heterocycles. The fraction of sp³-hybridized carbons (Fsp3) is 0.0833. The van der Waals surface area contributed by atoms with E-state index in [0.717, 1.165) is 22.3 Å². The van der Waals surface area contributed by atoms with Crippen LogP contribution in [0.15, 0.2) is 83.5 Å². The first-order chi connectivity index (χ1) is 13.5. The second-order valence-electron chi connectivity index (χ2n) is 6.86. The van der Waals surface area contributed by atoms with Gasteiger partial charge in [0.15, 0.2) is 0 Å². The fourth-order valence-electron chi connectivity index (χ4n) is 3.14. The number of rotatable bonds is 3. The highest BCUT2D eigenvalue weighted by molar-refractivity contribution is 6.33. The Hall–Kier alpha value is -3.53. The first-order valence-corrected chi connectivity index (χ1v) is 9.05. The van der Waals surface area contributed by atoms with Crippen LogP contribution in [-0.4, -0.2) is 11.7 Å². The summed E-state index contributed by atoms with van der Waals surface area (Å²) in [4.78, 5) is 19.4. The van der Waals surface area contributed by atoms with E-state index < -0.39 is 0 Å². The molecule has 138 valence electrons. The van der Waals surface area contributed by atoms with Crippen molar-refractivity contribution < 1.29 is 9.18 Å².